The van der Waals surface area contributed by atoms with E-state index in [1.807, 2.05) is 11.6 Å². The van der Waals surface area contributed by atoms with Crippen molar-refractivity contribution < 1.29 is 4.39 Å². The first-order valence-electron chi connectivity index (χ1n) is 5.80. The highest BCUT2D eigenvalue weighted by Gasteiger charge is 2.14. The average molecular weight is 268 g/mol. The predicted octanol–water partition coefficient (Wildman–Crippen LogP) is 3.41. The fourth-order valence-electron chi connectivity index (χ4n) is 1.91. The molecule has 1 aromatic heterocycles. The molecule has 0 atom stereocenters. The summed E-state index contributed by atoms with van der Waals surface area (Å²) in [6.07, 6.45) is 1.82. The summed E-state index contributed by atoms with van der Waals surface area (Å²) in [5.41, 5.74) is 7.19. The van der Waals surface area contributed by atoms with Crippen LogP contribution in [0.1, 0.15) is 19.2 Å². The number of halogens is 2. The van der Waals surface area contributed by atoms with Crippen LogP contribution in [-0.2, 0) is 13.5 Å². The van der Waals surface area contributed by atoms with Crippen LogP contribution in [-0.4, -0.2) is 9.55 Å². The molecule has 18 heavy (non-hydrogen) atoms. The van der Waals surface area contributed by atoms with E-state index in [0.29, 0.717) is 22.1 Å². The van der Waals surface area contributed by atoms with E-state index in [1.54, 1.807) is 6.07 Å². The normalized spacial score (nSPS) is 10.9. The van der Waals surface area contributed by atoms with Crippen molar-refractivity contribution in [1.29, 1.82) is 0 Å². The summed E-state index contributed by atoms with van der Waals surface area (Å²) < 4.78 is 15.2. The largest absolute Gasteiger partial charge is 0.383 e. The topological polar surface area (TPSA) is 43.8 Å². The van der Waals surface area contributed by atoms with Gasteiger partial charge in [-0.15, -0.1) is 0 Å². The molecule has 5 heteroatoms. The maximum atomic E-state index is 13.3. The second-order valence-electron chi connectivity index (χ2n) is 4.23. The molecule has 2 aromatic rings. The molecule has 0 bridgehead atoms. The van der Waals surface area contributed by atoms with Gasteiger partial charge in [0, 0.05) is 24.1 Å². The van der Waals surface area contributed by atoms with E-state index in [0.717, 1.165) is 18.7 Å². The summed E-state index contributed by atoms with van der Waals surface area (Å²) in [7, 11) is 1.86. The van der Waals surface area contributed by atoms with E-state index in [-0.39, 0.29) is 5.82 Å². The summed E-state index contributed by atoms with van der Waals surface area (Å²) in [5, 5.41) is 0.340. The minimum Gasteiger partial charge on any atom is -0.383 e. The third-order valence-electron chi connectivity index (χ3n) is 2.84. The Morgan fingerprint density at radius 2 is 2.11 bits per heavy atom. The van der Waals surface area contributed by atoms with Crippen molar-refractivity contribution in [2.75, 3.05) is 5.73 Å². The van der Waals surface area contributed by atoms with Gasteiger partial charge in [0.2, 0.25) is 0 Å². The highest BCUT2D eigenvalue weighted by molar-refractivity contribution is 6.30. The first-order valence-corrected chi connectivity index (χ1v) is 6.18. The lowest BCUT2D eigenvalue weighted by Gasteiger charge is -2.02. The Kier molecular flexibility index (Phi) is 3.57. The van der Waals surface area contributed by atoms with Gasteiger partial charge in [-0.2, -0.15) is 0 Å². The number of rotatable bonds is 3. The van der Waals surface area contributed by atoms with E-state index in [2.05, 4.69) is 11.9 Å². The Morgan fingerprint density at radius 3 is 2.72 bits per heavy atom. The smallest absolute Gasteiger partial charge is 0.131 e. The molecule has 3 nitrogen and oxygen atoms in total. The van der Waals surface area contributed by atoms with E-state index in [1.165, 1.54) is 12.1 Å². The number of aromatic nitrogens is 2. The number of imidazole rings is 1. The molecule has 1 heterocycles. The number of hydrogen-bond donors (Lipinski definition) is 1. The Morgan fingerprint density at radius 1 is 1.39 bits per heavy atom. The lowest BCUT2D eigenvalue weighted by atomic mass is 10.1. The Hall–Kier alpha value is -1.55. The van der Waals surface area contributed by atoms with Crippen LogP contribution in [0.25, 0.3) is 11.3 Å². The van der Waals surface area contributed by atoms with Gasteiger partial charge in [-0.1, -0.05) is 18.5 Å². The van der Waals surface area contributed by atoms with Gasteiger partial charge in [-0.05, 0) is 24.6 Å². The number of hydrogen-bond acceptors (Lipinski definition) is 2. The van der Waals surface area contributed by atoms with Gasteiger partial charge in [0.25, 0.3) is 0 Å². The van der Waals surface area contributed by atoms with Crippen LogP contribution in [0.15, 0.2) is 18.2 Å². The fraction of sp³-hybridized carbons (Fsp3) is 0.308. The van der Waals surface area contributed by atoms with Gasteiger partial charge in [-0.25, -0.2) is 9.37 Å². The van der Waals surface area contributed by atoms with Crippen molar-refractivity contribution in [1.82, 2.24) is 9.55 Å². The van der Waals surface area contributed by atoms with Crippen LogP contribution in [0.2, 0.25) is 5.02 Å². The summed E-state index contributed by atoms with van der Waals surface area (Å²) in [4.78, 5) is 4.46. The first-order chi connectivity index (χ1) is 8.52. The number of nitrogens with zero attached hydrogens (tertiary/aromatic N) is 2. The average Bonchev–Trinajstić information content (AvgIpc) is 2.57. The first kappa shape index (κ1) is 12.9. The molecule has 0 saturated heterocycles. The van der Waals surface area contributed by atoms with Gasteiger partial charge in [0.15, 0.2) is 0 Å². The highest BCUT2D eigenvalue weighted by Crippen LogP contribution is 2.29. The minimum absolute atomic E-state index is 0.340. The standard InChI is InChI=1S/C13H15ClFN3/c1-3-4-11-17-12(13(16)18(11)2)8-5-9(14)7-10(15)6-8/h5-7H,3-4,16H2,1-2H3. The molecular formula is C13H15ClFN3. The van der Waals surface area contributed by atoms with E-state index in [9.17, 15) is 4.39 Å². The predicted molar refractivity (Wildman–Crippen MR) is 72.0 cm³/mol. The van der Waals surface area contributed by atoms with Gasteiger partial charge < -0.3 is 10.3 Å². The van der Waals surface area contributed by atoms with Crippen LogP contribution in [0.4, 0.5) is 10.2 Å². The maximum Gasteiger partial charge on any atom is 0.131 e. The van der Waals surface area contributed by atoms with E-state index in [4.69, 9.17) is 17.3 Å². The number of nitrogen functional groups attached to an aromatic ring is 1. The number of aryl methyl sites for hydroxylation is 1. The molecule has 0 spiro atoms. The number of benzene rings is 1. The minimum atomic E-state index is -0.389. The molecule has 0 aliphatic rings. The third kappa shape index (κ3) is 2.34. The lowest BCUT2D eigenvalue weighted by molar-refractivity contribution is 0.628. The monoisotopic (exact) mass is 267 g/mol. The van der Waals surface area contributed by atoms with Gasteiger partial charge in [0.1, 0.15) is 23.2 Å². The van der Waals surface area contributed by atoms with Crippen molar-refractivity contribution in [2.24, 2.45) is 7.05 Å². The fourth-order valence-corrected chi connectivity index (χ4v) is 2.13. The second kappa shape index (κ2) is 4.98. The van der Waals surface area contributed by atoms with Crippen LogP contribution in [0, 0.1) is 5.82 Å². The molecule has 0 radical (unpaired) electrons. The van der Waals surface area contributed by atoms with Gasteiger partial charge in [0.05, 0.1) is 0 Å². The number of nitrogens with two attached hydrogens (primary N) is 1. The molecule has 0 aliphatic carbocycles. The zero-order chi connectivity index (χ0) is 13.3. The molecule has 1 aromatic carbocycles. The number of anilines is 1. The van der Waals surface area contributed by atoms with Crippen molar-refractivity contribution in [3.63, 3.8) is 0 Å². The molecule has 0 saturated carbocycles. The SMILES string of the molecule is CCCc1nc(-c2cc(F)cc(Cl)c2)c(N)n1C. The van der Waals surface area contributed by atoms with E-state index < -0.39 is 0 Å². The molecule has 2 rings (SSSR count). The van der Waals surface area contributed by atoms with Crippen molar-refractivity contribution >= 4 is 17.4 Å². The summed E-state index contributed by atoms with van der Waals surface area (Å²) in [5.74, 6) is 1.03. The molecule has 0 amide bonds. The Bertz CT molecular complexity index is 558. The molecule has 0 aliphatic heterocycles. The zero-order valence-corrected chi connectivity index (χ0v) is 11.1. The Balaban J connectivity index is 2.53. The van der Waals surface area contributed by atoms with Gasteiger partial charge in [-0.3, -0.25) is 0 Å². The van der Waals surface area contributed by atoms with E-state index >= 15 is 0 Å². The van der Waals surface area contributed by atoms with Crippen LogP contribution in [0.3, 0.4) is 0 Å². The van der Waals surface area contributed by atoms with Crippen molar-refractivity contribution in [2.45, 2.75) is 19.8 Å². The lowest BCUT2D eigenvalue weighted by Crippen LogP contribution is -2.01. The molecular weight excluding hydrogens is 253 g/mol. The van der Waals surface area contributed by atoms with Crippen molar-refractivity contribution in [3.05, 3.63) is 34.9 Å². The molecule has 0 fully saturated rings. The summed E-state index contributed by atoms with van der Waals surface area (Å²) in [6, 6.07) is 4.32. The third-order valence-corrected chi connectivity index (χ3v) is 3.06. The van der Waals surface area contributed by atoms with Crippen LogP contribution >= 0.6 is 11.6 Å². The quantitative estimate of drug-likeness (QED) is 0.926. The van der Waals surface area contributed by atoms with Gasteiger partial charge >= 0.3 is 0 Å². The van der Waals surface area contributed by atoms with Crippen LogP contribution in [0.5, 0.6) is 0 Å². The summed E-state index contributed by atoms with van der Waals surface area (Å²) in [6.45, 7) is 2.07. The molecule has 2 N–H and O–H groups in total. The highest BCUT2D eigenvalue weighted by atomic mass is 35.5. The molecule has 96 valence electrons. The Labute approximate surface area is 110 Å². The van der Waals surface area contributed by atoms with Crippen molar-refractivity contribution in [3.8, 4) is 11.3 Å². The zero-order valence-electron chi connectivity index (χ0n) is 10.4. The summed E-state index contributed by atoms with van der Waals surface area (Å²) >= 11 is 5.84. The second-order valence-corrected chi connectivity index (χ2v) is 4.67. The molecule has 0 unspecified atom stereocenters. The maximum absolute atomic E-state index is 13.3. The van der Waals surface area contributed by atoms with Crippen LogP contribution < -0.4 is 5.73 Å².